The van der Waals surface area contributed by atoms with Gasteiger partial charge < -0.3 is 10.0 Å². The van der Waals surface area contributed by atoms with Crippen molar-refractivity contribution in [3.63, 3.8) is 0 Å². The predicted octanol–water partition coefficient (Wildman–Crippen LogP) is 3.11. The van der Waals surface area contributed by atoms with Gasteiger partial charge in [0.2, 0.25) is 0 Å². The maximum Gasteiger partial charge on any atom is 0.293 e. The largest absolute Gasteiger partial charge is 0.391 e. The Hall–Kier alpha value is -2.73. The molecule has 0 bridgehead atoms. The van der Waals surface area contributed by atoms with Crippen LogP contribution in [0, 0.1) is 10.1 Å². The number of nitro groups is 1. The first kappa shape index (κ1) is 16.1. The number of benzene rings is 2. The second kappa shape index (κ2) is 6.41. The molecule has 1 N–H and O–H groups in total. The van der Waals surface area contributed by atoms with E-state index in [1.54, 1.807) is 12.1 Å². The minimum atomic E-state index is -0.553. The van der Waals surface area contributed by atoms with Gasteiger partial charge in [-0.2, -0.15) is 0 Å². The first-order chi connectivity index (χ1) is 11.5. The number of β-amino-alcohol motifs (C(OH)–C–C–N with tert-alkyl or cyclic N) is 1. The van der Waals surface area contributed by atoms with Crippen molar-refractivity contribution in [2.24, 2.45) is 0 Å². The summed E-state index contributed by atoms with van der Waals surface area (Å²) < 4.78 is 0. The maximum atomic E-state index is 11.5. The normalized spacial score (nSPS) is 20.2. The smallest absolute Gasteiger partial charge is 0.293 e. The molecule has 1 saturated heterocycles. The molecule has 124 valence electrons. The van der Waals surface area contributed by atoms with E-state index in [0.29, 0.717) is 24.2 Å². The number of Topliss-reactive ketones (excluding diaryl/α,β-unsaturated/α-hetero) is 1. The van der Waals surface area contributed by atoms with Crippen molar-refractivity contribution in [1.82, 2.24) is 0 Å². The van der Waals surface area contributed by atoms with Crippen LogP contribution in [0.25, 0.3) is 0 Å². The quantitative estimate of drug-likeness (QED) is 0.530. The molecule has 1 fully saturated rings. The maximum absolute atomic E-state index is 11.5. The van der Waals surface area contributed by atoms with Crippen molar-refractivity contribution in [2.45, 2.75) is 25.5 Å². The number of hydrogen-bond acceptors (Lipinski definition) is 5. The lowest BCUT2D eigenvalue weighted by Crippen LogP contribution is -2.25. The summed E-state index contributed by atoms with van der Waals surface area (Å²) in [6, 6.07) is 14.0. The molecule has 0 saturated carbocycles. The number of nitro benzene ring substituents is 1. The molecule has 2 unspecified atom stereocenters. The summed E-state index contributed by atoms with van der Waals surface area (Å²) in [4.78, 5) is 24.4. The summed E-state index contributed by atoms with van der Waals surface area (Å²) in [5.41, 5.74) is 1.62. The molecule has 3 rings (SSSR count). The van der Waals surface area contributed by atoms with Crippen molar-refractivity contribution in [3.8, 4) is 0 Å². The van der Waals surface area contributed by atoms with Gasteiger partial charge in [0.05, 0.1) is 17.1 Å². The molecule has 24 heavy (non-hydrogen) atoms. The van der Waals surface area contributed by atoms with Gasteiger partial charge in [0.25, 0.3) is 5.69 Å². The highest BCUT2D eigenvalue weighted by Crippen LogP contribution is 2.40. The molecule has 2 atom stereocenters. The van der Waals surface area contributed by atoms with Crippen LogP contribution in [0.4, 0.5) is 11.4 Å². The fourth-order valence-corrected chi connectivity index (χ4v) is 3.20. The van der Waals surface area contributed by atoms with Crippen LogP contribution in [0.5, 0.6) is 0 Å². The number of rotatable bonds is 4. The Labute approximate surface area is 139 Å². The molecule has 6 heteroatoms. The zero-order valence-electron chi connectivity index (χ0n) is 13.3. The summed E-state index contributed by atoms with van der Waals surface area (Å²) in [6.07, 6.45) is -0.0439. The number of ketones is 1. The van der Waals surface area contributed by atoms with Crippen LogP contribution in [0.1, 0.15) is 35.3 Å². The molecule has 0 aliphatic carbocycles. The predicted molar refractivity (Wildman–Crippen MR) is 90.3 cm³/mol. The Kier molecular flexibility index (Phi) is 4.31. The fourth-order valence-electron chi connectivity index (χ4n) is 3.20. The van der Waals surface area contributed by atoms with Gasteiger partial charge in [-0.25, -0.2) is 0 Å². The Morgan fingerprint density at radius 2 is 1.96 bits per heavy atom. The summed E-state index contributed by atoms with van der Waals surface area (Å²) in [6.45, 7) is 1.70. The number of anilines is 1. The van der Waals surface area contributed by atoms with Crippen molar-refractivity contribution >= 4 is 17.2 Å². The molecular formula is C18H18N2O4. The molecule has 6 nitrogen and oxygen atoms in total. The number of hydrogen-bond donors (Lipinski definition) is 1. The summed E-state index contributed by atoms with van der Waals surface area (Å²) in [5.74, 6) is -0.217. The van der Waals surface area contributed by atoms with Crippen LogP contribution in [0.2, 0.25) is 0 Å². The van der Waals surface area contributed by atoms with E-state index in [2.05, 4.69) is 0 Å². The van der Waals surface area contributed by atoms with Gasteiger partial charge in [0, 0.05) is 18.2 Å². The van der Waals surface area contributed by atoms with E-state index in [-0.39, 0.29) is 17.5 Å². The Balaban J connectivity index is 2.06. The van der Waals surface area contributed by atoms with Gasteiger partial charge in [-0.1, -0.05) is 30.3 Å². The Morgan fingerprint density at radius 3 is 2.58 bits per heavy atom. The molecule has 2 aromatic rings. The average Bonchev–Trinajstić information content (AvgIpc) is 2.96. The third-order valence-electron chi connectivity index (χ3n) is 4.35. The molecule has 0 amide bonds. The van der Waals surface area contributed by atoms with Crippen molar-refractivity contribution < 1.29 is 14.8 Å². The van der Waals surface area contributed by atoms with Crippen molar-refractivity contribution in [1.29, 1.82) is 0 Å². The first-order valence-corrected chi connectivity index (χ1v) is 7.76. The third kappa shape index (κ3) is 3.00. The monoisotopic (exact) mass is 326 g/mol. The van der Waals surface area contributed by atoms with Crippen LogP contribution >= 0.6 is 0 Å². The molecule has 2 aromatic carbocycles. The minimum Gasteiger partial charge on any atom is -0.391 e. The van der Waals surface area contributed by atoms with E-state index < -0.39 is 11.0 Å². The summed E-state index contributed by atoms with van der Waals surface area (Å²) in [5, 5.41) is 21.6. The molecule has 0 aromatic heterocycles. The van der Waals surface area contributed by atoms with E-state index in [9.17, 15) is 20.0 Å². The van der Waals surface area contributed by atoms with E-state index in [1.807, 2.05) is 35.2 Å². The van der Waals surface area contributed by atoms with Crippen molar-refractivity contribution in [2.75, 3.05) is 11.4 Å². The van der Waals surface area contributed by atoms with Gasteiger partial charge in [0.15, 0.2) is 5.78 Å². The zero-order valence-corrected chi connectivity index (χ0v) is 13.3. The van der Waals surface area contributed by atoms with Crippen LogP contribution in [-0.2, 0) is 0 Å². The lowest BCUT2D eigenvalue weighted by molar-refractivity contribution is -0.384. The second-order valence-electron chi connectivity index (χ2n) is 5.99. The van der Waals surface area contributed by atoms with Gasteiger partial charge in [0.1, 0.15) is 5.69 Å². The SMILES string of the molecule is CC(=O)c1ccc(N2CC(O)CC2c2ccccc2)c([N+](=O)[O-])c1. The van der Waals surface area contributed by atoms with Gasteiger partial charge in [-0.3, -0.25) is 14.9 Å². The summed E-state index contributed by atoms with van der Waals surface area (Å²) >= 11 is 0. The molecule has 1 aliphatic heterocycles. The Bertz CT molecular complexity index is 776. The van der Waals surface area contributed by atoms with E-state index in [1.165, 1.54) is 13.0 Å². The van der Waals surface area contributed by atoms with Crippen LogP contribution < -0.4 is 4.90 Å². The van der Waals surface area contributed by atoms with E-state index in [4.69, 9.17) is 0 Å². The molecular weight excluding hydrogens is 308 g/mol. The topological polar surface area (TPSA) is 83.7 Å². The van der Waals surface area contributed by atoms with E-state index >= 15 is 0 Å². The number of aliphatic hydroxyl groups is 1. The standard InChI is InChI=1S/C18H18N2O4/c1-12(21)14-7-8-16(18(9-14)20(23)24)19-11-15(22)10-17(19)13-5-3-2-4-6-13/h2-9,15,17,22H,10-11H2,1H3. The van der Waals surface area contributed by atoms with Crippen LogP contribution in [0.3, 0.4) is 0 Å². The van der Waals surface area contributed by atoms with Gasteiger partial charge in [-0.15, -0.1) is 0 Å². The zero-order chi connectivity index (χ0) is 17.3. The highest BCUT2D eigenvalue weighted by atomic mass is 16.6. The third-order valence-corrected chi connectivity index (χ3v) is 4.35. The van der Waals surface area contributed by atoms with Crippen LogP contribution in [0.15, 0.2) is 48.5 Å². The van der Waals surface area contributed by atoms with Gasteiger partial charge >= 0.3 is 0 Å². The fraction of sp³-hybridized carbons (Fsp3) is 0.278. The van der Waals surface area contributed by atoms with Gasteiger partial charge in [-0.05, 0) is 31.0 Å². The second-order valence-corrected chi connectivity index (χ2v) is 5.99. The molecule has 1 heterocycles. The van der Waals surface area contributed by atoms with Crippen molar-refractivity contribution in [3.05, 3.63) is 69.8 Å². The number of nitrogens with zero attached hydrogens (tertiary/aromatic N) is 2. The average molecular weight is 326 g/mol. The molecule has 1 aliphatic rings. The minimum absolute atomic E-state index is 0.113. The Morgan fingerprint density at radius 1 is 1.25 bits per heavy atom. The lowest BCUT2D eigenvalue weighted by atomic mass is 10.0. The first-order valence-electron chi connectivity index (χ1n) is 7.76. The van der Waals surface area contributed by atoms with Crippen LogP contribution in [-0.4, -0.2) is 28.5 Å². The number of carbonyl (C=O) groups is 1. The molecule has 0 spiro atoms. The lowest BCUT2D eigenvalue weighted by Gasteiger charge is -2.26. The number of carbonyl (C=O) groups excluding carboxylic acids is 1. The number of aliphatic hydroxyl groups excluding tert-OH is 1. The summed E-state index contributed by atoms with van der Waals surface area (Å²) in [7, 11) is 0. The molecule has 0 radical (unpaired) electrons. The highest BCUT2D eigenvalue weighted by Gasteiger charge is 2.35. The highest BCUT2D eigenvalue weighted by molar-refractivity contribution is 5.95. The van der Waals surface area contributed by atoms with E-state index in [0.717, 1.165) is 5.56 Å².